The second-order valence-corrected chi connectivity index (χ2v) is 7.87. The summed E-state index contributed by atoms with van der Waals surface area (Å²) in [5, 5.41) is 3.06. The average Bonchev–Trinajstić information content (AvgIpc) is 2.74. The summed E-state index contributed by atoms with van der Waals surface area (Å²) in [6.07, 6.45) is 1.56. The van der Waals surface area contributed by atoms with E-state index in [0.717, 1.165) is 29.7 Å². The van der Waals surface area contributed by atoms with Gasteiger partial charge in [-0.2, -0.15) is 0 Å². The first-order valence-electron chi connectivity index (χ1n) is 10.2. The van der Waals surface area contributed by atoms with Gasteiger partial charge in [0.25, 0.3) is 5.91 Å². The minimum absolute atomic E-state index is 0.0966. The van der Waals surface area contributed by atoms with Crippen molar-refractivity contribution in [3.8, 4) is 0 Å². The zero-order chi connectivity index (χ0) is 21.8. The number of halogens is 1. The van der Waals surface area contributed by atoms with Crippen LogP contribution in [0, 0.1) is 20.8 Å². The first-order valence-corrected chi connectivity index (χ1v) is 10.6. The number of aromatic nitrogens is 1. The molecule has 0 radical (unpaired) electrons. The molecule has 1 heterocycles. The van der Waals surface area contributed by atoms with E-state index in [9.17, 15) is 9.59 Å². The number of amides is 1. The van der Waals surface area contributed by atoms with Crippen LogP contribution < -0.4 is 10.7 Å². The van der Waals surface area contributed by atoms with Crippen molar-refractivity contribution in [1.29, 1.82) is 0 Å². The van der Waals surface area contributed by atoms with Crippen LogP contribution in [0.25, 0.3) is 0 Å². The lowest BCUT2D eigenvalue weighted by Crippen LogP contribution is -2.29. The van der Waals surface area contributed by atoms with Crippen LogP contribution in [0.4, 0.5) is 5.69 Å². The Labute approximate surface area is 182 Å². The van der Waals surface area contributed by atoms with Gasteiger partial charge in [0.15, 0.2) is 0 Å². The molecule has 156 valence electrons. The molecular weight excluding hydrogens is 396 g/mol. The van der Waals surface area contributed by atoms with Crippen LogP contribution in [-0.4, -0.2) is 10.5 Å². The molecule has 3 rings (SSSR count). The van der Waals surface area contributed by atoms with Crippen LogP contribution in [-0.2, 0) is 19.4 Å². The third-order valence-electron chi connectivity index (χ3n) is 5.59. The van der Waals surface area contributed by atoms with Gasteiger partial charge in [-0.25, -0.2) is 0 Å². The number of aryl methyl sites for hydroxylation is 3. The summed E-state index contributed by atoms with van der Waals surface area (Å²) in [4.78, 5) is 26.1. The molecule has 2 aromatic carbocycles. The molecule has 0 unspecified atom stereocenters. The van der Waals surface area contributed by atoms with Crippen molar-refractivity contribution in [2.45, 2.75) is 47.1 Å². The van der Waals surface area contributed by atoms with Crippen molar-refractivity contribution in [1.82, 2.24) is 4.57 Å². The Bertz CT molecular complexity index is 1130. The maximum absolute atomic E-state index is 13.2. The van der Waals surface area contributed by atoms with Crippen molar-refractivity contribution in [3.63, 3.8) is 0 Å². The number of benzene rings is 2. The Morgan fingerprint density at radius 1 is 1.00 bits per heavy atom. The lowest BCUT2D eigenvalue weighted by molar-refractivity contribution is 0.102. The first-order chi connectivity index (χ1) is 14.3. The molecule has 0 saturated heterocycles. The molecule has 1 N–H and O–H groups in total. The van der Waals surface area contributed by atoms with Gasteiger partial charge in [0.1, 0.15) is 10.6 Å². The zero-order valence-corrected chi connectivity index (χ0v) is 18.6. The van der Waals surface area contributed by atoms with Crippen LogP contribution in [0.3, 0.4) is 0 Å². The summed E-state index contributed by atoms with van der Waals surface area (Å²) >= 11 is 6.37. The number of carbonyl (C=O) groups excluding carboxylic acids is 1. The highest BCUT2D eigenvalue weighted by molar-refractivity contribution is 6.31. The fraction of sp³-hybridized carbons (Fsp3) is 0.280. The van der Waals surface area contributed by atoms with Gasteiger partial charge in [-0.3, -0.25) is 9.59 Å². The molecule has 0 bridgehead atoms. The summed E-state index contributed by atoms with van der Waals surface area (Å²) in [5.74, 6) is -0.420. The van der Waals surface area contributed by atoms with Crippen molar-refractivity contribution in [2.24, 2.45) is 0 Å². The van der Waals surface area contributed by atoms with E-state index < -0.39 is 11.3 Å². The number of carbonyl (C=O) groups is 1. The van der Waals surface area contributed by atoms with Crippen LogP contribution in [0.2, 0.25) is 5.02 Å². The van der Waals surface area contributed by atoms with Gasteiger partial charge in [0.2, 0.25) is 5.43 Å². The number of hydrogen-bond acceptors (Lipinski definition) is 2. The third-order valence-corrected chi connectivity index (χ3v) is 6.03. The van der Waals surface area contributed by atoms with E-state index in [4.69, 9.17) is 11.6 Å². The molecule has 3 aromatic rings. The molecule has 1 aromatic heterocycles. The predicted octanol–water partition coefficient (Wildman–Crippen LogP) is 5.48. The van der Waals surface area contributed by atoms with Crippen molar-refractivity contribution in [2.75, 3.05) is 5.32 Å². The van der Waals surface area contributed by atoms with E-state index in [2.05, 4.69) is 17.4 Å². The number of pyridine rings is 1. The summed E-state index contributed by atoms with van der Waals surface area (Å²) in [7, 11) is 0. The molecule has 0 aliphatic heterocycles. The predicted molar refractivity (Wildman–Crippen MR) is 124 cm³/mol. The molecular formula is C25H27ClN2O2. The number of para-hydroxylation sites is 1. The van der Waals surface area contributed by atoms with E-state index in [-0.39, 0.29) is 10.6 Å². The van der Waals surface area contributed by atoms with Gasteiger partial charge in [-0.05, 0) is 50.3 Å². The fourth-order valence-electron chi connectivity index (χ4n) is 3.81. The first kappa shape index (κ1) is 21.8. The summed E-state index contributed by atoms with van der Waals surface area (Å²) in [6, 6.07) is 16.0. The molecule has 0 aliphatic rings. The minimum Gasteiger partial charge on any atom is -0.346 e. The Balaban J connectivity index is 1.99. The largest absolute Gasteiger partial charge is 0.346 e. The van der Waals surface area contributed by atoms with Gasteiger partial charge in [-0.15, -0.1) is 0 Å². The summed E-state index contributed by atoms with van der Waals surface area (Å²) in [5.41, 5.74) is 4.92. The number of nitrogens with zero attached hydrogens (tertiary/aromatic N) is 1. The second kappa shape index (κ2) is 9.31. The van der Waals surface area contributed by atoms with Crippen LogP contribution in [0.5, 0.6) is 0 Å². The summed E-state index contributed by atoms with van der Waals surface area (Å²) < 4.78 is 1.96. The monoisotopic (exact) mass is 422 g/mol. The second-order valence-electron chi connectivity index (χ2n) is 7.49. The molecule has 0 atom stereocenters. The SMILES string of the molecule is CCc1cccc(C)c1NC(=O)c1c(C)n(CCc2ccccc2)c(C)c(Cl)c1=O. The fourth-order valence-corrected chi connectivity index (χ4v) is 4.01. The molecule has 1 amide bonds. The quantitative estimate of drug-likeness (QED) is 0.571. The van der Waals surface area contributed by atoms with E-state index >= 15 is 0 Å². The Morgan fingerprint density at radius 3 is 2.37 bits per heavy atom. The summed E-state index contributed by atoms with van der Waals surface area (Å²) in [6.45, 7) is 8.24. The maximum Gasteiger partial charge on any atom is 0.261 e. The molecule has 4 nitrogen and oxygen atoms in total. The number of nitrogens with one attached hydrogen (secondary N) is 1. The van der Waals surface area contributed by atoms with Gasteiger partial charge < -0.3 is 9.88 Å². The highest BCUT2D eigenvalue weighted by Gasteiger charge is 2.22. The number of hydrogen-bond donors (Lipinski definition) is 1. The number of anilines is 1. The van der Waals surface area contributed by atoms with E-state index in [1.165, 1.54) is 5.56 Å². The molecule has 0 saturated carbocycles. The molecule has 5 heteroatoms. The highest BCUT2D eigenvalue weighted by atomic mass is 35.5. The Hall–Kier alpha value is -2.85. The highest BCUT2D eigenvalue weighted by Crippen LogP contribution is 2.23. The van der Waals surface area contributed by atoms with Gasteiger partial charge >= 0.3 is 0 Å². The van der Waals surface area contributed by atoms with E-state index in [0.29, 0.717) is 17.9 Å². The minimum atomic E-state index is -0.424. The Morgan fingerprint density at radius 2 is 1.70 bits per heavy atom. The lowest BCUT2D eigenvalue weighted by Gasteiger charge is -2.20. The van der Waals surface area contributed by atoms with Crippen LogP contribution in [0.1, 0.15) is 45.4 Å². The topological polar surface area (TPSA) is 51.1 Å². The molecule has 0 aliphatic carbocycles. The van der Waals surface area contributed by atoms with Crippen molar-refractivity contribution < 1.29 is 4.79 Å². The molecule has 0 spiro atoms. The van der Waals surface area contributed by atoms with Crippen LogP contribution in [0.15, 0.2) is 53.3 Å². The molecule has 0 fully saturated rings. The van der Waals surface area contributed by atoms with Crippen LogP contribution >= 0.6 is 11.6 Å². The molecule has 30 heavy (non-hydrogen) atoms. The maximum atomic E-state index is 13.2. The van der Waals surface area contributed by atoms with E-state index in [1.54, 1.807) is 0 Å². The standard InChI is InChI=1S/C25H27ClN2O2/c1-5-20-13-9-10-16(2)23(20)27-25(30)21-17(3)28(18(4)22(26)24(21)29)15-14-19-11-7-6-8-12-19/h6-13H,5,14-15H2,1-4H3,(H,27,30). The normalized spacial score (nSPS) is 10.8. The van der Waals surface area contributed by atoms with Gasteiger partial charge in [0, 0.05) is 23.6 Å². The van der Waals surface area contributed by atoms with Gasteiger partial charge in [0.05, 0.1) is 0 Å². The average molecular weight is 423 g/mol. The number of rotatable bonds is 6. The lowest BCUT2D eigenvalue weighted by atomic mass is 10.0. The van der Waals surface area contributed by atoms with Crippen molar-refractivity contribution in [3.05, 3.63) is 97.4 Å². The Kier molecular flexibility index (Phi) is 6.78. The van der Waals surface area contributed by atoms with Crippen molar-refractivity contribution >= 4 is 23.2 Å². The smallest absolute Gasteiger partial charge is 0.261 e. The van der Waals surface area contributed by atoms with E-state index in [1.807, 2.05) is 68.7 Å². The zero-order valence-electron chi connectivity index (χ0n) is 17.9. The third kappa shape index (κ3) is 4.34. The van der Waals surface area contributed by atoms with Gasteiger partial charge in [-0.1, -0.05) is 67.1 Å².